The molecule has 0 aliphatic carbocycles. The summed E-state index contributed by atoms with van der Waals surface area (Å²) in [6.45, 7) is 9.66. The molecule has 0 saturated carbocycles. The summed E-state index contributed by atoms with van der Waals surface area (Å²) < 4.78 is 12.3. The molecule has 0 radical (unpaired) electrons. The zero-order valence-corrected chi connectivity index (χ0v) is 16.7. The fraction of sp³-hybridized carbons (Fsp3) is 0.632. The van der Waals surface area contributed by atoms with Crippen molar-refractivity contribution in [3.8, 4) is 5.75 Å². The fourth-order valence-corrected chi connectivity index (χ4v) is 3.69. The van der Waals surface area contributed by atoms with Gasteiger partial charge in [0.1, 0.15) is 5.75 Å². The number of piperazine rings is 1. The summed E-state index contributed by atoms with van der Waals surface area (Å²) in [6.07, 6.45) is 0. The highest BCUT2D eigenvalue weighted by molar-refractivity contribution is 5.49. The van der Waals surface area contributed by atoms with Crippen LogP contribution in [0.5, 0.6) is 5.75 Å². The van der Waals surface area contributed by atoms with Gasteiger partial charge in [0.25, 0.3) is 0 Å². The van der Waals surface area contributed by atoms with E-state index in [2.05, 4.69) is 51.3 Å². The van der Waals surface area contributed by atoms with Gasteiger partial charge < -0.3 is 14.4 Å². The molecule has 1 atom stereocenters. The first kappa shape index (κ1) is 19.6. The molecule has 8 heteroatoms. The van der Waals surface area contributed by atoms with Gasteiger partial charge in [0.15, 0.2) is 5.82 Å². The molecule has 2 heterocycles. The van der Waals surface area contributed by atoms with Gasteiger partial charge in [0.2, 0.25) is 0 Å². The predicted molar refractivity (Wildman–Crippen MR) is 104 cm³/mol. The molecular weight excluding hydrogens is 344 g/mol. The van der Waals surface area contributed by atoms with Gasteiger partial charge in [-0.2, -0.15) is 0 Å². The lowest BCUT2D eigenvalue weighted by atomic mass is 10.0. The first-order valence-electron chi connectivity index (χ1n) is 9.52. The van der Waals surface area contributed by atoms with Crippen molar-refractivity contribution < 1.29 is 9.47 Å². The third-order valence-corrected chi connectivity index (χ3v) is 5.11. The highest BCUT2D eigenvalue weighted by atomic mass is 16.5. The molecule has 0 N–H and O–H groups in total. The van der Waals surface area contributed by atoms with Gasteiger partial charge in [-0.1, -0.05) is 13.8 Å². The molecule has 1 unspecified atom stereocenters. The van der Waals surface area contributed by atoms with Crippen LogP contribution in [0.2, 0.25) is 0 Å². The number of rotatable bonds is 8. The Morgan fingerprint density at radius 3 is 2.33 bits per heavy atom. The Balaban J connectivity index is 1.67. The summed E-state index contributed by atoms with van der Waals surface area (Å²) in [5, 5.41) is 12.4. The smallest absolute Gasteiger partial charge is 0.168 e. The van der Waals surface area contributed by atoms with Gasteiger partial charge in [0, 0.05) is 39.0 Å². The normalized spacial score (nSPS) is 16.7. The highest BCUT2D eigenvalue weighted by Gasteiger charge is 2.31. The first-order chi connectivity index (χ1) is 13.1. The second-order valence-corrected chi connectivity index (χ2v) is 7.16. The van der Waals surface area contributed by atoms with Crippen molar-refractivity contribution in [2.24, 2.45) is 5.92 Å². The standard InChI is InChI=1S/C19H30N6O2/c1-15(2)18(19-20-21-22-25(19)13-14-26-3)24-11-9-23(10-12-24)16-5-7-17(27-4)8-6-16/h5-8,15,18H,9-14H2,1-4H3. The summed E-state index contributed by atoms with van der Waals surface area (Å²) in [6, 6.07) is 8.49. The summed E-state index contributed by atoms with van der Waals surface area (Å²) >= 11 is 0. The van der Waals surface area contributed by atoms with E-state index >= 15 is 0 Å². The second kappa shape index (κ2) is 9.14. The minimum atomic E-state index is 0.204. The van der Waals surface area contributed by atoms with Crippen molar-refractivity contribution >= 4 is 5.69 Å². The number of aromatic nitrogens is 4. The summed E-state index contributed by atoms with van der Waals surface area (Å²) in [5.41, 5.74) is 1.24. The van der Waals surface area contributed by atoms with Crippen molar-refractivity contribution in [1.29, 1.82) is 0 Å². The molecule has 1 aromatic heterocycles. The van der Waals surface area contributed by atoms with Crippen LogP contribution in [-0.2, 0) is 11.3 Å². The Kier molecular flexibility index (Phi) is 6.63. The van der Waals surface area contributed by atoms with Crippen LogP contribution in [-0.4, -0.2) is 72.1 Å². The maximum absolute atomic E-state index is 5.26. The molecule has 27 heavy (non-hydrogen) atoms. The summed E-state index contributed by atoms with van der Waals surface area (Å²) in [5.74, 6) is 2.24. The maximum Gasteiger partial charge on any atom is 0.168 e. The molecule has 0 spiro atoms. The average Bonchev–Trinajstić information content (AvgIpc) is 3.15. The van der Waals surface area contributed by atoms with Gasteiger partial charge in [-0.25, -0.2) is 4.68 Å². The maximum atomic E-state index is 5.26. The van der Waals surface area contributed by atoms with Crippen molar-refractivity contribution in [3.63, 3.8) is 0 Å². The Bertz CT molecular complexity index is 694. The third kappa shape index (κ3) is 4.56. The number of hydrogen-bond acceptors (Lipinski definition) is 7. The Labute approximate surface area is 161 Å². The van der Waals surface area contributed by atoms with Crippen LogP contribution >= 0.6 is 0 Å². The molecule has 2 aromatic rings. The predicted octanol–water partition coefficient (Wildman–Crippen LogP) is 1.85. The van der Waals surface area contributed by atoms with Crippen LogP contribution in [0.3, 0.4) is 0 Å². The topological polar surface area (TPSA) is 68.5 Å². The second-order valence-electron chi connectivity index (χ2n) is 7.16. The van der Waals surface area contributed by atoms with E-state index < -0.39 is 0 Å². The van der Waals surface area contributed by atoms with Gasteiger partial charge >= 0.3 is 0 Å². The molecule has 3 rings (SSSR count). The lowest BCUT2D eigenvalue weighted by Gasteiger charge is -2.41. The minimum absolute atomic E-state index is 0.204. The van der Waals surface area contributed by atoms with Crippen LogP contribution in [0.1, 0.15) is 25.7 Å². The van der Waals surface area contributed by atoms with Crippen molar-refractivity contribution in [1.82, 2.24) is 25.1 Å². The number of nitrogens with zero attached hydrogens (tertiary/aromatic N) is 6. The molecule has 1 aliphatic rings. The van der Waals surface area contributed by atoms with E-state index in [0.29, 0.717) is 19.1 Å². The van der Waals surface area contributed by atoms with Gasteiger partial charge in [0.05, 0.1) is 26.3 Å². The van der Waals surface area contributed by atoms with Crippen LogP contribution in [0, 0.1) is 5.92 Å². The summed E-state index contributed by atoms with van der Waals surface area (Å²) in [4.78, 5) is 4.92. The van der Waals surface area contributed by atoms with Gasteiger partial charge in [-0.15, -0.1) is 5.10 Å². The van der Waals surface area contributed by atoms with E-state index in [-0.39, 0.29) is 6.04 Å². The molecular formula is C19H30N6O2. The first-order valence-corrected chi connectivity index (χ1v) is 9.52. The lowest BCUT2D eigenvalue weighted by Crippen LogP contribution is -2.49. The quantitative estimate of drug-likeness (QED) is 0.698. The largest absolute Gasteiger partial charge is 0.497 e. The Morgan fingerprint density at radius 1 is 1.04 bits per heavy atom. The molecule has 1 saturated heterocycles. The van der Waals surface area contributed by atoms with E-state index in [9.17, 15) is 0 Å². The highest BCUT2D eigenvalue weighted by Crippen LogP contribution is 2.29. The molecule has 0 bridgehead atoms. The molecule has 1 fully saturated rings. The van der Waals surface area contributed by atoms with Crippen LogP contribution in [0.25, 0.3) is 0 Å². The van der Waals surface area contributed by atoms with E-state index in [1.807, 2.05) is 16.8 Å². The van der Waals surface area contributed by atoms with E-state index in [1.165, 1.54) is 5.69 Å². The van der Waals surface area contributed by atoms with Crippen LogP contribution < -0.4 is 9.64 Å². The van der Waals surface area contributed by atoms with Crippen molar-refractivity contribution in [2.45, 2.75) is 26.4 Å². The monoisotopic (exact) mass is 374 g/mol. The SMILES string of the molecule is COCCn1nnnc1C(C(C)C)N1CCN(c2ccc(OC)cc2)CC1. The minimum Gasteiger partial charge on any atom is -0.497 e. The van der Waals surface area contributed by atoms with E-state index in [1.54, 1.807) is 14.2 Å². The number of methoxy groups -OCH3 is 2. The number of benzene rings is 1. The number of hydrogen-bond donors (Lipinski definition) is 0. The molecule has 8 nitrogen and oxygen atoms in total. The zero-order valence-electron chi connectivity index (χ0n) is 16.7. The van der Waals surface area contributed by atoms with Crippen LogP contribution in [0.15, 0.2) is 24.3 Å². The molecule has 148 valence electrons. The number of ether oxygens (including phenoxy) is 2. The van der Waals surface area contributed by atoms with Gasteiger partial charge in [-0.3, -0.25) is 4.90 Å². The zero-order chi connectivity index (χ0) is 19.2. The fourth-order valence-electron chi connectivity index (χ4n) is 3.69. The third-order valence-electron chi connectivity index (χ3n) is 5.11. The van der Waals surface area contributed by atoms with Gasteiger partial charge in [-0.05, 0) is 40.6 Å². The lowest BCUT2D eigenvalue weighted by molar-refractivity contribution is 0.129. The van der Waals surface area contributed by atoms with E-state index in [4.69, 9.17) is 9.47 Å². The van der Waals surface area contributed by atoms with Crippen LogP contribution in [0.4, 0.5) is 5.69 Å². The molecule has 0 amide bonds. The molecule has 1 aromatic carbocycles. The Morgan fingerprint density at radius 2 is 1.74 bits per heavy atom. The molecule has 1 aliphatic heterocycles. The van der Waals surface area contributed by atoms with E-state index in [0.717, 1.165) is 37.8 Å². The number of anilines is 1. The van der Waals surface area contributed by atoms with Crippen molar-refractivity contribution in [3.05, 3.63) is 30.1 Å². The van der Waals surface area contributed by atoms with Crippen molar-refractivity contribution in [2.75, 3.05) is 51.9 Å². The number of tetrazole rings is 1. The summed E-state index contributed by atoms with van der Waals surface area (Å²) in [7, 11) is 3.39. The Hall–Kier alpha value is -2.19. The average molecular weight is 374 g/mol.